The van der Waals surface area contributed by atoms with E-state index in [1.54, 1.807) is 35.0 Å². The summed E-state index contributed by atoms with van der Waals surface area (Å²) in [7, 11) is 0. The predicted molar refractivity (Wildman–Crippen MR) is 108 cm³/mol. The molecule has 2 heterocycles. The van der Waals surface area contributed by atoms with E-state index in [1.807, 2.05) is 0 Å². The molecule has 2 aliphatic rings. The summed E-state index contributed by atoms with van der Waals surface area (Å²) in [4.78, 5) is 43.0. The summed E-state index contributed by atoms with van der Waals surface area (Å²) in [5, 5.41) is 5.76. The van der Waals surface area contributed by atoms with Crippen molar-refractivity contribution in [3.05, 3.63) is 80.6 Å². The second kappa shape index (κ2) is 6.97. The molecule has 3 aromatic rings. The SMILES string of the molecule is O=C(ON1C(=O)c2ccccc2C1=O)c1nn(-c2ccc(Cl)cc2Cl)c2c1CCC2. The van der Waals surface area contributed by atoms with Crippen molar-refractivity contribution in [2.24, 2.45) is 0 Å². The highest BCUT2D eigenvalue weighted by Gasteiger charge is 2.40. The number of aromatic nitrogens is 2. The van der Waals surface area contributed by atoms with Crippen molar-refractivity contribution in [1.29, 1.82) is 0 Å². The molecule has 2 aromatic carbocycles. The first kappa shape index (κ1) is 18.8. The van der Waals surface area contributed by atoms with E-state index in [0.717, 1.165) is 17.7 Å². The molecular formula is C21H13Cl2N3O4. The molecule has 9 heteroatoms. The van der Waals surface area contributed by atoms with Crippen LogP contribution in [0.25, 0.3) is 5.69 Å². The number of hydrogen-bond acceptors (Lipinski definition) is 5. The van der Waals surface area contributed by atoms with E-state index >= 15 is 0 Å². The van der Waals surface area contributed by atoms with Crippen molar-refractivity contribution in [3.8, 4) is 5.69 Å². The Morgan fingerprint density at radius 3 is 2.37 bits per heavy atom. The highest BCUT2D eigenvalue weighted by molar-refractivity contribution is 6.35. The summed E-state index contributed by atoms with van der Waals surface area (Å²) in [6.45, 7) is 0. The Balaban J connectivity index is 1.49. The van der Waals surface area contributed by atoms with Crippen molar-refractivity contribution < 1.29 is 19.2 Å². The van der Waals surface area contributed by atoms with Gasteiger partial charge < -0.3 is 4.84 Å². The highest BCUT2D eigenvalue weighted by Crippen LogP contribution is 2.32. The first-order valence-corrected chi connectivity index (χ1v) is 9.97. The molecule has 0 bridgehead atoms. The van der Waals surface area contributed by atoms with Crippen LogP contribution in [0.3, 0.4) is 0 Å². The smallest absolute Gasteiger partial charge is 0.322 e. The third-order valence-corrected chi connectivity index (χ3v) is 5.73. The molecule has 7 nitrogen and oxygen atoms in total. The molecule has 0 saturated carbocycles. The van der Waals surface area contributed by atoms with E-state index < -0.39 is 17.8 Å². The van der Waals surface area contributed by atoms with Crippen molar-refractivity contribution in [2.45, 2.75) is 19.3 Å². The van der Waals surface area contributed by atoms with E-state index in [0.29, 0.717) is 33.6 Å². The van der Waals surface area contributed by atoms with Crippen LogP contribution >= 0.6 is 23.2 Å². The summed E-state index contributed by atoms with van der Waals surface area (Å²) >= 11 is 12.3. The Bertz CT molecular complexity index is 1220. The van der Waals surface area contributed by atoms with E-state index in [4.69, 9.17) is 28.0 Å². The summed E-state index contributed by atoms with van der Waals surface area (Å²) in [5.41, 5.74) is 2.60. The molecule has 0 atom stereocenters. The van der Waals surface area contributed by atoms with Gasteiger partial charge in [-0.15, -0.1) is 0 Å². The monoisotopic (exact) mass is 441 g/mol. The molecule has 0 radical (unpaired) electrons. The largest absolute Gasteiger partial charge is 0.384 e. The lowest BCUT2D eigenvalue weighted by atomic mass is 10.1. The number of rotatable bonds is 3. The Kier molecular flexibility index (Phi) is 4.38. The molecule has 0 fully saturated rings. The Labute approximate surface area is 180 Å². The van der Waals surface area contributed by atoms with Gasteiger partial charge in [-0.25, -0.2) is 9.48 Å². The average molecular weight is 442 g/mol. The summed E-state index contributed by atoms with van der Waals surface area (Å²) in [5.74, 6) is -2.23. The Morgan fingerprint density at radius 2 is 1.70 bits per heavy atom. The first-order valence-electron chi connectivity index (χ1n) is 9.22. The van der Waals surface area contributed by atoms with Crippen LogP contribution in [0.5, 0.6) is 0 Å². The minimum atomic E-state index is -0.869. The molecule has 0 unspecified atom stereocenters. The lowest BCUT2D eigenvalue weighted by Gasteiger charge is -2.12. The van der Waals surface area contributed by atoms with Gasteiger partial charge in [0.15, 0.2) is 5.69 Å². The van der Waals surface area contributed by atoms with Gasteiger partial charge in [-0.05, 0) is 49.6 Å². The van der Waals surface area contributed by atoms with Gasteiger partial charge in [0.05, 0.1) is 21.8 Å². The number of halogens is 2. The van der Waals surface area contributed by atoms with Crippen LogP contribution in [-0.4, -0.2) is 32.6 Å². The topological polar surface area (TPSA) is 81.5 Å². The van der Waals surface area contributed by atoms with Gasteiger partial charge in [-0.1, -0.05) is 40.4 Å². The molecule has 1 aliphatic carbocycles. The predicted octanol–water partition coefficient (Wildman–Crippen LogP) is 4.04. The zero-order chi connectivity index (χ0) is 21.0. The second-order valence-corrected chi connectivity index (χ2v) is 7.81. The van der Waals surface area contributed by atoms with Crippen molar-refractivity contribution in [2.75, 3.05) is 0 Å². The van der Waals surface area contributed by atoms with E-state index in [-0.39, 0.29) is 16.8 Å². The fourth-order valence-corrected chi connectivity index (χ4v) is 4.32. The van der Waals surface area contributed by atoms with Crippen LogP contribution in [0.2, 0.25) is 10.0 Å². The molecule has 0 saturated heterocycles. The quantitative estimate of drug-likeness (QED) is 0.572. The number of hydroxylamine groups is 2. The maximum Gasteiger partial charge on any atom is 0.384 e. The van der Waals surface area contributed by atoms with Crippen molar-refractivity contribution in [3.63, 3.8) is 0 Å². The summed E-state index contributed by atoms with van der Waals surface area (Å²) in [6, 6.07) is 11.3. The summed E-state index contributed by atoms with van der Waals surface area (Å²) in [6.07, 6.45) is 2.18. The lowest BCUT2D eigenvalue weighted by molar-refractivity contribution is -0.0589. The Morgan fingerprint density at radius 1 is 1.00 bits per heavy atom. The molecular weight excluding hydrogens is 429 g/mol. The van der Waals surface area contributed by atoms with Gasteiger partial charge in [-0.2, -0.15) is 5.10 Å². The minimum Gasteiger partial charge on any atom is -0.322 e. The lowest BCUT2D eigenvalue weighted by Crippen LogP contribution is -2.33. The third kappa shape index (κ3) is 2.81. The number of hydrogen-bond donors (Lipinski definition) is 0. The Hall–Kier alpha value is -3.16. The molecule has 1 aromatic heterocycles. The number of amides is 2. The molecule has 0 spiro atoms. The number of benzene rings is 2. The standard InChI is InChI=1S/C21H13Cl2N3O4/c22-11-8-9-17(15(23)10-11)25-16-7-3-6-14(16)18(24-25)21(29)30-26-19(27)12-4-1-2-5-13(12)20(26)28/h1-2,4-5,8-10H,3,6-7H2. The van der Waals surface area contributed by atoms with Gasteiger partial charge in [-0.3, -0.25) is 9.59 Å². The molecule has 1 aliphatic heterocycles. The van der Waals surface area contributed by atoms with Gasteiger partial charge in [0.2, 0.25) is 0 Å². The van der Waals surface area contributed by atoms with Crippen LogP contribution < -0.4 is 0 Å². The molecule has 5 rings (SSSR count). The molecule has 30 heavy (non-hydrogen) atoms. The highest BCUT2D eigenvalue weighted by atomic mass is 35.5. The van der Waals surface area contributed by atoms with Crippen LogP contribution in [0, 0.1) is 0 Å². The second-order valence-electron chi connectivity index (χ2n) is 6.96. The molecule has 0 N–H and O–H groups in total. The zero-order valence-corrected chi connectivity index (χ0v) is 16.9. The number of carbonyl (C=O) groups is 3. The van der Waals surface area contributed by atoms with Crippen LogP contribution in [0.15, 0.2) is 42.5 Å². The normalized spacial score (nSPS) is 14.8. The van der Waals surface area contributed by atoms with E-state index in [2.05, 4.69) is 5.10 Å². The van der Waals surface area contributed by atoms with Crippen LogP contribution in [-0.2, 0) is 17.7 Å². The number of imide groups is 1. The van der Waals surface area contributed by atoms with Crippen LogP contribution in [0.4, 0.5) is 0 Å². The molecule has 2 amide bonds. The van der Waals surface area contributed by atoms with Crippen LogP contribution in [0.1, 0.15) is 48.9 Å². The summed E-state index contributed by atoms with van der Waals surface area (Å²) < 4.78 is 1.60. The average Bonchev–Trinajstić information content (AvgIpc) is 3.39. The van der Waals surface area contributed by atoms with Crippen molar-refractivity contribution in [1.82, 2.24) is 14.8 Å². The van der Waals surface area contributed by atoms with E-state index in [9.17, 15) is 14.4 Å². The van der Waals surface area contributed by atoms with Gasteiger partial charge in [0, 0.05) is 16.3 Å². The molecule has 150 valence electrons. The zero-order valence-electron chi connectivity index (χ0n) is 15.4. The number of carbonyl (C=O) groups excluding carboxylic acids is 3. The van der Waals surface area contributed by atoms with Gasteiger partial charge in [0.1, 0.15) is 0 Å². The van der Waals surface area contributed by atoms with E-state index in [1.165, 1.54) is 12.1 Å². The third-order valence-electron chi connectivity index (χ3n) is 5.19. The number of fused-ring (bicyclic) bond motifs is 2. The van der Waals surface area contributed by atoms with Gasteiger partial charge in [0.25, 0.3) is 11.8 Å². The fourth-order valence-electron chi connectivity index (χ4n) is 3.83. The minimum absolute atomic E-state index is 0.0603. The first-order chi connectivity index (χ1) is 14.5. The maximum absolute atomic E-state index is 12.9. The van der Waals surface area contributed by atoms with Crippen molar-refractivity contribution >= 4 is 41.0 Å². The number of nitrogens with zero attached hydrogens (tertiary/aromatic N) is 3. The van der Waals surface area contributed by atoms with Gasteiger partial charge >= 0.3 is 5.97 Å². The fraction of sp³-hybridized carbons (Fsp3) is 0.143. The maximum atomic E-state index is 12.9.